The van der Waals surface area contributed by atoms with E-state index in [0.29, 0.717) is 18.7 Å². The molecule has 0 aromatic carbocycles. The first-order valence-corrected chi connectivity index (χ1v) is 6.71. The van der Waals surface area contributed by atoms with Crippen LogP contribution in [0.15, 0.2) is 12.7 Å². The minimum Gasteiger partial charge on any atom is -0.248 e. The van der Waals surface area contributed by atoms with E-state index in [1.165, 1.54) is 0 Å². The van der Waals surface area contributed by atoms with E-state index in [1.54, 1.807) is 6.08 Å². The van der Waals surface area contributed by atoms with Crippen molar-refractivity contribution in [3.63, 3.8) is 0 Å². The Balaban J connectivity index is 2.61. The predicted octanol–water partition coefficient (Wildman–Crippen LogP) is 2.97. The van der Waals surface area contributed by atoms with Gasteiger partial charge in [0, 0.05) is 6.42 Å². The first-order valence-electron chi connectivity index (χ1n) is 4.53. The van der Waals surface area contributed by atoms with Crippen LogP contribution in [-0.2, 0) is 0 Å². The summed E-state index contributed by atoms with van der Waals surface area (Å²) in [7, 11) is -2.28. The van der Waals surface area contributed by atoms with Crippen molar-refractivity contribution in [2.75, 3.05) is 12.3 Å². The molecule has 0 radical (unpaired) electrons. The zero-order chi connectivity index (χ0) is 9.03. The number of hydrogen-bond acceptors (Lipinski definition) is 1. The smallest absolute Gasteiger partial charge is 0.231 e. The molecule has 1 fully saturated rings. The van der Waals surface area contributed by atoms with Gasteiger partial charge in [-0.25, -0.2) is 4.89 Å². The molecule has 1 aliphatic rings. The minimum absolute atomic E-state index is 0.494. The van der Waals surface area contributed by atoms with Gasteiger partial charge < -0.3 is 0 Å². The normalized spacial score (nSPS) is 37.3. The third-order valence-corrected chi connectivity index (χ3v) is 5.74. The highest BCUT2D eigenvalue weighted by atomic mass is 31.2. The van der Waals surface area contributed by atoms with E-state index in [2.05, 4.69) is 6.58 Å². The fourth-order valence-corrected chi connectivity index (χ4v) is 4.26. The summed E-state index contributed by atoms with van der Waals surface area (Å²) < 4.78 is 13.4. The van der Waals surface area contributed by atoms with Gasteiger partial charge >= 0.3 is 0 Å². The molecule has 1 heterocycles. The van der Waals surface area contributed by atoms with Crippen molar-refractivity contribution in [1.82, 2.24) is 0 Å². The summed E-state index contributed by atoms with van der Waals surface area (Å²) in [5.41, 5.74) is 0. The molecule has 1 N–H and O–H groups in total. The maximum atomic E-state index is 13.4. The third-order valence-electron chi connectivity index (χ3n) is 2.45. The van der Waals surface area contributed by atoms with Crippen LogP contribution in [0.4, 0.5) is 4.39 Å². The first kappa shape index (κ1) is 10.1. The van der Waals surface area contributed by atoms with E-state index in [4.69, 9.17) is 0 Å². The minimum atomic E-state index is -2.28. The largest absolute Gasteiger partial charge is 0.248 e. The molecule has 0 aromatic heterocycles. The lowest BCUT2D eigenvalue weighted by Gasteiger charge is -2.19. The Bertz CT molecular complexity index is 163. The summed E-state index contributed by atoms with van der Waals surface area (Å²) in [6.07, 6.45) is 6.39. The van der Waals surface area contributed by atoms with E-state index in [9.17, 15) is 9.28 Å². The van der Waals surface area contributed by atoms with Crippen LogP contribution in [0, 0.1) is 0 Å². The predicted molar refractivity (Wildman–Crippen MR) is 52.4 cm³/mol. The van der Waals surface area contributed by atoms with Crippen LogP contribution < -0.4 is 0 Å². The Labute approximate surface area is 74.1 Å². The molecule has 2 unspecified atom stereocenters. The Morgan fingerprint density at radius 1 is 1.50 bits per heavy atom. The van der Waals surface area contributed by atoms with Crippen LogP contribution in [0.2, 0.25) is 0 Å². The van der Waals surface area contributed by atoms with Crippen molar-refractivity contribution < 1.29 is 9.28 Å². The number of rotatable bonds is 2. The Hall–Kier alpha value is 0.0600. The van der Waals surface area contributed by atoms with E-state index in [-0.39, 0.29) is 0 Å². The van der Waals surface area contributed by atoms with Crippen LogP contribution in [0.25, 0.3) is 0 Å². The lowest BCUT2D eigenvalue weighted by molar-refractivity contribution is 0.385. The molecule has 0 spiro atoms. The molecule has 0 aliphatic carbocycles. The van der Waals surface area contributed by atoms with Crippen LogP contribution in [0.5, 0.6) is 0 Å². The van der Waals surface area contributed by atoms with Crippen molar-refractivity contribution in [1.29, 1.82) is 0 Å². The second-order valence-electron chi connectivity index (χ2n) is 3.47. The standard InChI is InChI=1S/C9H17FOP/c1-2-7-12(11)8-5-3-4-6-9(12)10/h2,9,11H,1,3-8H2/q+1. The zero-order valence-electron chi connectivity index (χ0n) is 7.38. The molecule has 12 heavy (non-hydrogen) atoms. The molecule has 1 rings (SSSR count). The molecule has 3 heteroatoms. The van der Waals surface area contributed by atoms with Gasteiger partial charge in [-0.05, 0) is 19.3 Å². The number of halogens is 1. The molecule has 0 aromatic rings. The van der Waals surface area contributed by atoms with Crippen LogP contribution >= 0.6 is 7.49 Å². The summed E-state index contributed by atoms with van der Waals surface area (Å²) in [4.78, 5) is 9.98. The van der Waals surface area contributed by atoms with E-state index >= 15 is 0 Å². The second kappa shape index (κ2) is 4.34. The second-order valence-corrected chi connectivity index (χ2v) is 6.81. The summed E-state index contributed by atoms with van der Waals surface area (Å²) in [5, 5.41) is 0. The van der Waals surface area contributed by atoms with E-state index < -0.39 is 13.4 Å². The van der Waals surface area contributed by atoms with Gasteiger partial charge in [-0.15, -0.1) is 0 Å². The van der Waals surface area contributed by atoms with Gasteiger partial charge in [-0.2, -0.15) is 4.39 Å². The maximum Gasteiger partial charge on any atom is 0.231 e. The number of alkyl halides is 1. The third kappa shape index (κ3) is 2.27. The molecular weight excluding hydrogens is 174 g/mol. The molecule has 1 saturated heterocycles. The lowest BCUT2D eigenvalue weighted by atomic mass is 10.2. The molecule has 1 aliphatic heterocycles. The average Bonchev–Trinajstić information content (AvgIpc) is 2.17. The Kier molecular flexibility index (Phi) is 3.67. The van der Waals surface area contributed by atoms with Crippen molar-refractivity contribution >= 4 is 7.49 Å². The number of hydrogen-bond donors (Lipinski definition) is 1. The highest BCUT2D eigenvalue weighted by molar-refractivity contribution is 7.71. The maximum absolute atomic E-state index is 13.4. The van der Waals surface area contributed by atoms with Gasteiger partial charge in [-0.3, -0.25) is 0 Å². The molecule has 2 atom stereocenters. The van der Waals surface area contributed by atoms with Gasteiger partial charge in [0.2, 0.25) is 5.91 Å². The highest BCUT2D eigenvalue weighted by Gasteiger charge is 2.44. The van der Waals surface area contributed by atoms with Crippen LogP contribution in [0.3, 0.4) is 0 Å². The molecular formula is C9H17FOP+. The van der Waals surface area contributed by atoms with Gasteiger partial charge in [0.15, 0.2) is 7.49 Å². The lowest BCUT2D eigenvalue weighted by Crippen LogP contribution is -2.11. The van der Waals surface area contributed by atoms with E-state index in [0.717, 1.165) is 19.3 Å². The van der Waals surface area contributed by atoms with E-state index in [1.807, 2.05) is 0 Å². The summed E-state index contributed by atoms with van der Waals surface area (Å²) in [6, 6.07) is 0. The molecule has 0 amide bonds. The fourth-order valence-electron chi connectivity index (χ4n) is 1.68. The van der Waals surface area contributed by atoms with Gasteiger partial charge in [0.1, 0.15) is 6.16 Å². The SMILES string of the molecule is C=CC[P+]1(O)CCCCCC1F. The van der Waals surface area contributed by atoms with Crippen molar-refractivity contribution in [3.05, 3.63) is 12.7 Å². The zero-order valence-corrected chi connectivity index (χ0v) is 8.27. The molecule has 0 bridgehead atoms. The Morgan fingerprint density at radius 2 is 2.25 bits per heavy atom. The van der Waals surface area contributed by atoms with Gasteiger partial charge in [0.05, 0.1) is 6.16 Å². The Morgan fingerprint density at radius 3 is 2.92 bits per heavy atom. The summed E-state index contributed by atoms with van der Waals surface area (Å²) in [6.45, 7) is 3.57. The van der Waals surface area contributed by atoms with Crippen LogP contribution in [-0.4, -0.2) is 23.1 Å². The van der Waals surface area contributed by atoms with Crippen molar-refractivity contribution in [3.8, 4) is 0 Å². The number of allylic oxidation sites excluding steroid dienone is 1. The monoisotopic (exact) mass is 191 g/mol. The molecule has 1 nitrogen and oxygen atoms in total. The summed E-state index contributed by atoms with van der Waals surface area (Å²) >= 11 is 0. The van der Waals surface area contributed by atoms with Crippen molar-refractivity contribution in [2.24, 2.45) is 0 Å². The molecule has 0 saturated carbocycles. The highest BCUT2D eigenvalue weighted by Crippen LogP contribution is 2.62. The summed E-state index contributed by atoms with van der Waals surface area (Å²) in [5.74, 6) is -0.946. The average molecular weight is 191 g/mol. The quantitative estimate of drug-likeness (QED) is 0.525. The van der Waals surface area contributed by atoms with Gasteiger partial charge in [-0.1, -0.05) is 12.7 Å². The van der Waals surface area contributed by atoms with Gasteiger partial charge in [0.25, 0.3) is 0 Å². The van der Waals surface area contributed by atoms with Crippen LogP contribution in [0.1, 0.15) is 25.7 Å². The fraction of sp³-hybridized carbons (Fsp3) is 0.778. The molecule has 70 valence electrons. The first-order chi connectivity index (χ1) is 5.69. The van der Waals surface area contributed by atoms with Crippen molar-refractivity contribution in [2.45, 2.75) is 31.6 Å². The topological polar surface area (TPSA) is 20.2 Å².